The third-order valence-corrected chi connectivity index (χ3v) is 7.02. The minimum atomic E-state index is -4.42. The first-order chi connectivity index (χ1) is 16.5. The van der Waals surface area contributed by atoms with Gasteiger partial charge in [0.05, 0.1) is 16.8 Å². The van der Waals surface area contributed by atoms with E-state index in [2.05, 4.69) is 14.5 Å². The maximum Gasteiger partial charge on any atom is 0.416 e. The van der Waals surface area contributed by atoms with Crippen LogP contribution < -0.4 is 14.2 Å². The lowest BCUT2D eigenvalue weighted by Gasteiger charge is -2.19. The van der Waals surface area contributed by atoms with Gasteiger partial charge in [-0.3, -0.25) is 0 Å². The van der Waals surface area contributed by atoms with Crippen LogP contribution in [0.5, 0.6) is 11.6 Å². The Balaban J connectivity index is 1.56. The maximum absolute atomic E-state index is 12.8. The van der Waals surface area contributed by atoms with Crippen LogP contribution in [0.25, 0.3) is 11.3 Å². The smallest absolute Gasteiger partial charge is 0.416 e. The number of halogens is 3. The fourth-order valence-electron chi connectivity index (χ4n) is 3.76. The van der Waals surface area contributed by atoms with E-state index >= 15 is 0 Å². The molecule has 0 bridgehead atoms. The van der Waals surface area contributed by atoms with Crippen molar-refractivity contribution in [1.29, 1.82) is 0 Å². The van der Waals surface area contributed by atoms with Gasteiger partial charge in [-0.25, -0.2) is 9.40 Å². The van der Waals surface area contributed by atoms with Crippen LogP contribution in [0, 0.1) is 0 Å². The van der Waals surface area contributed by atoms with Crippen LogP contribution in [0.2, 0.25) is 0 Å². The van der Waals surface area contributed by atoms with E-state index in [0.29, 0.717) is 43.9 Å². The molecule has 0 aliphatic heterocycles. The van der Waals surface area contributed by atoms with Gasteiger partial charge in [-0.15, -0.1) is 0 Å². The molecular formula is C24H27F3N4O3S. The van der Waals surface area contributed by atoms with E-state index in [9.17, 15) is 21.6 Å². The molecule has 35 heavy (non-hydrogen) atoms. The number of aromatic nitrogens is 2. The molecule has 0 saturated heterocycles. The molecular weight excluding hydrogens is 481 g/mol. The molecule has 0 amide bonds. The van der Waals surface area contributed by atoms with Gasteiger partial charge in [-0.1, -0.05) is 25.1 Å². The Labute approximate surface area is 202 Å². The van der Waals surface area contributed by atoms with Gasteiger partial charge in [-0.05, 0) is 62.1 Å². The second-order valence-electron chi connectivity index (χ2n) is 8.47. The molecule has 11 heteroatoms. The number of hydrogen-bond donors (Lipinski definition) is 2. The number of nitrogens with one attached hydrogen (secondary N) is 2. The standard InChI is InChI=1S/C24H27F3N4O3S/c1-3-14-28-35(32,33)30-23(12-13-23)19-7-5-6-17(15-19)21-16-22(31(4-2)29-21)34-20-10-8-18(9-11-20)24(25,26)27/h5-11,15-16,28,30H,3-4,12-14H2,1-2H3. The van der Waals surface area contributed by atoms with Crippen molar-refractivity contribution < 1.29 is 26.3 Å². The minimum absolute atomic E-state index is 0.263. The topological polar surface area (TPSA) is 85.3 Å². The number of aryl methyl sites for hydroxylation is 1. The van der Waals surface area contributed by atoms with Gasteiger partial charge in [0.15, 0.2) is 0 Å². The largest absolute Gasteiger partial charge is 0.439 e. The zero-order valence-electron chi connectivity index (χ0n) is 19.4. The molecule has 188 valence electrons. The van der Waals surface area contributed by atoms with Crippen LogP contribution in [0.4, 0.5) is 13.2 Å². The van der Waals surface area contributed by atoms with Crippen molar-refractivity contribution in [3.8, 4) is 22.9 Å². The number of alkyl halides is 3. The van der Waals surface area contributed by atoms with Gasteiger partial charge in [0.2, 0.25) is 5.88 Å². The third-order valence-electron chi connectivity index (χ3n) is 5.78. The monoisotopic (exact) mass is 508 g/mol. The lowest BCUT2D eigenvalue weighted by atomic mass is 10.0. The normalized spacial score (nSPS) is 15.2. The Morgan fingerprint density at radius 1 is 1.09 bits per heavy atom. The quantitative estimate of drug-likeness (QED) is 0.394. The van der Waals surface area contributed by atoms with Crippen molar-refractivity contribution in [2.75, 3.05) is 6.54 Å². The lowest BCUT2D eigenvalue weighted by Crippen LogP contribution is -2.43. The van der Waals surface area contributed by atoms with Gasteiger partial charge in [0.25, 0.3) is 10.2 Å². The average Bonchev–Trinajstić information content (AvgIpc) is 3.48. The molecule has 1 fully saturated rings. The molecule has 2 aromatic carbocycles. The molecule has 0 spiro atoms. The highest BCUT2D eigenvalue weighted by molar-refractivity contribution is 7.87. The van der Waals surface area contributed by atoms with Crippen LogP contribution in [-0.4, -0.2) is 24.7 Å². The predicted octanol–water partition coefficient (Wildman–Crippen LogP) is 5.20. The van der Waals surface area contributed by atoms with E-state index in [-0.39, 0.29) is 5.75 Å². The number of hydrogen-bond acceptors (Lipinski definition) is 4. The van der Waals surface area contributed by atoms with E-state index in [4.69, 9.17) is 4.74 Å². The van der Waals surface area contributed by atoms with Gasteiger partial charge in [0.1, 0.15) is 5.75 Å². The second-order valence-corrected chi connectivity index (χ2v) is 9.97. The molecule has 7 nitrogen and oxygen atoms in total. The molecule has 0 radical (unpaired) electrons. The summed E-state index contributed by atoms with van der Waals surface area (Å²) in [4.78, 5) is 0. The number of nitrogens with zero attached hydrogens (tertiary/aromatic N) is 2. The van der Waals surface area contributed by atoms with E-state index in [1.165, 1.54) is 12.1 Å². The van der Waals surface area contributed by atoms with Gasteiger partial charge < -0.3 is 4.74 Å². The first kappa shape index (κ1) is 25.2. The fourth-order valence-corrected chi connectivity index (χ4v) is 5.14. The number of rotatable bonds is 10. The second kappa shape index (κ2) is 9.63. The summed E-state index contributed by atoms with van der Waals surface area (Å²) < 4.78 is 76.0. The van der Waals surface area contributed by atoms with Crippen molar-refractivity contribution in [3.63, 3.8) is 0 Å². The zero-order valence-corrected chi connectivity index (χ0v) is 20.2. The molecule has 0 atom stereocenters. The van der Waals surface area contributed by atoms with Gasteiger partial charge in [-0.2, -0.15) is 31.4 Å². The summed E-state index contributed by atoms with van der Waals surface area (Å²) in [5.41, 5.74) is 0.828. The van der Waals surface area contributed by atoms with E-state index in [0.717, 1.165) is 23.3 Å². The van der Waals surface area contributed by atoms with Crippen molar-refractivity contribution in [3.05, 3.63) is 65.7 Å². The van der Waals surface area contributed by atoms with Crippen molar-refractivity contribution >= 4 is 10.2 Å². The Morgan fingerprint density at radius 3 is 2.40 bits per heavy atom. The minimum Gasteiger partial charge on any atom is -0.439 e. The molecule has 0 unspecified atom stereocenters. The van der Waals surface area contributed by atoms with Crippen LogP contribution in [0.15, 0.2) is 54.6 Å². The number of benzene rings is 2. The molecule has 1 aromatic heterocycles. The highest BCUT2D eigenvalue weighted by atomic mass is 32.2. The van der Waals surface area contributed by atoms with Gasteiger partial charge >= 0.3 is 6.18 Å². The Morgan fingerprint density at radius 2 is 1.80 bits per heavy atom. The van der Waals surface area contributed by atoms with Crippen LogP contribution in [0.3, 0.4) is 0 Å². The number of ether oxygens (including phenoxy) is 1. The highest BCUT2D eigenvalue weighted by Crippen LogP contribution is 2.46. The van der Waals surface area contributed by atoms with Crippen LogP contribution >= 0.6 is 0 Å². The fraction of sp³-hybridized carbons (Fsp3) is 0.375. The highest BCUT2D eigenvalue weighted by Gasteiger charge is 2.47. The lowest BCUT2D eigenvalue weighted by molar-refractivity contribution is -0.137. The maximum atomic E-state index is 12.8. The Bertz CT molecular complexity index is 1280. The Kier molecular flexibility index (Phi) is 6.94. The summed E-state index contributed by atoms with van der Waals surface area (Å²) in [6.07, 6.45) is -2.34. The molecule has 1 aliphatic rings. The van der Waals surface area contributed by atoms with Crippen molar-refractivity contribution in [2.45, 2.75) is 51.4 Å². The first-order valence-corrected chi connectivity index (χ1v) is 12.9. The molecule has 3 aromatic rings. The van der Waals surface area contributed by atoms with E-state index in [1.807, 2.05) is 38.1 Å². The predicted molar refractivity (Wildman–Crippen MR) is 126 cm³/mol. The summed E-state index contributed by atoms with van der Waals surface area (Å²) in [6, 6.07) is 13.7. The summed E-state index contributed by atoms with van der Waals surface area (Å²) in [6.45, 7) is 4.62. The van der Waals surface area contributed by atoms with Crippen molar-refractivity contribution in [2.24, 2.45) is 0 Å². The van der Waals surface area contributed by atoms with Crippen LogP contribution in [0.1, 0.15) is 44.2 Å². The molecule has 1 heterocycles. The Hall–Kier alpha value is -2.89. The summed E-state index contributed by atoms with van der Waals surface area (Å²) >= 11 is 0. The first-order valence-electron chi connectivity index (χ1n) is 11.4. The molecule has 1 saturated carbocycles. The third kappa shape index (κ3) is 5.85. The molecule has 4 rings (SSSR count). The summed E-state index contributed by atoms with van der Waals surface area (Å²) in [5.74, 6) is 0.650. The van der Waals surface area contributed by atoms with Crippen molar-refractivity contribution in [1.82, 2.24) is 19.2 Å². The molecule has 2 N–H and O–H groups in total. The van der Waals surface area contributed by atoms with E-state index in [1.54, 1.807) is 10.7 Å². The molecule has 1 aliphatic carbocycles. The average molecular weight is 509 g/mol. The zero-order chi connectivity index (χ0) is 25.3. The SMILES string of the molecule is CCCNS(=O)(=O)NC1(c2cccc(-c3cc(Oc4ccc(C(F)(F)F)cc4)n(CC)n3)c2)CC1. The van der Waals surface area contributed by atoms with E-state index < -0.39 is 27.5 Å². The summed E-state index contributed by atoms with van der Waals surface area (Å²) in [7, 11) is -3.63. The van der Waals surface area contributed by atoms with Crippen LogP contribution in [-0.2, 0) is 28.5 Å². The summed E-state index contributed by atoms with van der Waals surface area (Å²) in [5, 5.41) is 4.57. The van der Waals surface area contributed by atoms with Gasteiger partial charge in [0, 0.05) is 24.7 Å².